The van der Waals surface area contributed by atoms with Crippen molar-refractivity contribution >= 4 is 61.8 Å². The van der Waals surface area contributed by atoms with E-state index in [0.717, 1.165) is 0 Å². The molecule has 0 saturated carbocycles. The Balaban J connectivity index is -0.0000000800. The van der Waals surface area contributed by atoms with Crippen LogP contribution in [-0.4, -0.2) is 68.9 Å². The molecular formula is H6KNO4S. The Morgan fingerprint density at radius 3 is 1.14 bits per heavy atom. The monoisotopic (exact) mass is 155 g/mol. The van der Waals surface area contributed by atoms with Gasteiger partial charge >= 0.3 is 61.8 Å². The summed E-state index contributed by atoms with van der Waals surface area (Å²) in [5, 5.41) is 0. The minimum atomic E-state index is -4.67. The molecule has 0 aromatic rings. The van der Waals surface area contributed by atoms with Crippen molar-refractivity contribution in [3.05, 3.63) is 0 Å². The third kappa shape index (κ3) is 104. The third-order valence-corrected chi connectivity index (χ3v) is 0. The van der Waals surface area contributed by atoms with E-state index in [1.165, 1.54) is 0 Å². The van der Waals surface area contributed by atoms with Gasteiger partial charge in [0, 0.05) is 0 Å². The van der Waals surface area contributed by atoms with E-state index in [4.69, 9.17) is 17.5 Å². The molecule has 0 radical (unpaired) electrons. The molecule has 0 aliphatic rings. The van der Waals surface area contributed by atoms with Gasteiger partial charge in [0.25, 0.3) is 0 Å². The molecule has 0 aliphatic carbocycles. The van der Waals surface area contributed by atoms with E-state index in [1.807, 2.05) is 0 Å². The first-order valence-electron chi connectivity index (χ1n) is 0.698. The van der Waals surface area contributed by atoms with Crippen molar-refractivity contribution in [2.75, 3.05) is 0 Å². The Labute approximate surface area is 84.1 Å². The predicted octanol–water partition coefficient (Wildman–Crippen LogP) is -1.14. The number of hydrogen-bond donors (Lipinski definition) is 3. The Hall–Kier alpha value is 1.47. The van der Waals surface area contributed by atoms with Crippen molar-refractivity contribution in [2.45, 2.75) is 0 Å². The summed E-state index contributed by atoms with van der Waals surface area (Å²) in [6.07, 6.45) is 0. The number of rotatable bonds is 0. The van der Waals surface area contributed by atoms with Crippen LogP contribution in [-0.2, 0) is 10.4 Å². The summed E-state index contributed by atoms with van der Waals surface area (Å²) < 4.78 is 31.6. The molecule has 0 atom stereocenters. The van der Waals surface area contributed by atoms with E-state index in [9.17, 15) is 0 Å². The van der Waals surface area contributed by atoms with Gasteiger partial charge in [0.15, 0.2) is 0 Å². The molecule has 0 saturated heterocycles. The summed E-state index contributed by atoms with van der Waals surface area (Å²) in [6, 6.07) is 0. The fourth-order valence-corrected chi connectivity index (χ4v) is 0. The van der Waals surface area contributed by atoms with Crippen molar-refractivity contribution in [2.24, 2.45) is 0 Å². The summed E-state index contributed by atoms with van der Waals surface area (Å²) in [5.41, 5.74) is 0. The molecule has 0 heterocycles. The van der Waals surface area contributed by atoms with Crippen LogP contribution >= 0.6 is 0 Å². The molecule has 0 spiro atoms. The van der Waals surface area contributed by atoms with Crippen molar-refractivity contribution < 1.29 is 17.5 Å². The molecule has 42 valence electrons. The van der Waals surface area contributed by atoms with Gasteiger partial charge < -0.3 is 6.15 Å². The van der Waals surface area contributed by atoms with Crippen LogP contribution in [0.4, 0.5) is 0 Å². The average molecular weight is 155 g/mol. The zero-order valence-electron chi connectivity index (χ0n) is 2.83. The molecule has 5 N–H and O–H groups in total. The fraction of sp³-hybridized carbons (Fsp3) is 0. The Morgan fingerprint density at radius 2 is 1.14 bits per heavy atom. The predicted molar refractivity (Wildman–Crippen MR) is 26.3 cm³/mol. The standard InChI is InChI=1S/K.H3N.H2O4S.H/c;;1-5(2,3)4;/h;1H3;(H2,1,2,3,4);. The van der Waals surface area contributed by atoms with E-state index in [0.29, 0.717) is 0 Å². The fourth-order valence-electron chi connectivity index (χ4n) is 0. The second-order valence-electron chi connectivity index (χ2n) is 0.448. The average Bonchev–Trinajstić information content (AvgIpc) is 0.722. The number of hydrogen-bond acceptors (Lipinski definition) is 3. The maximum atomic E-state index is 8.74. The molecule has 0 aliphatic heterocycles. The summed E-state index contributed by atoms with van der Waals surface area (Å²) in [5.74, 6) is 0. The molecule has 0 aromatic carbocycles. The Kier molecular flexibility index (Phi) is 12.6. The van der Waals surface area contributed by atoms with Crippen LogP contribution in [0, 0.1) is 0 Å². The van der Waals surface area contributed by atoms with Crippen LogP contribution in [0.5, 0.6) is 0 Å². The molecule has 7 heteroatoms. The van der Waals surface area contributed by atoms with Crippen molar-refractivity contribution in [3.63, 3.8) is 0 Å². The van der Waals surface area contributed by atoms with E-state index in [1.54, 1.807) is 0 Å². The van der Waals surface area contributed by atoms with Gasteiger partial charge in [-0.25, -0.2) is 0 Å². The van der Waals surface area contributed by atoms with E-state index >= 15 is 0 Å². The van der Waals surface area contributed by atoms with Gasteiger partial charge in [0.1, 0.15) is 0 Å². The summed E-state index contributed by atoms with van der Waals surface area (Å²) in [6.45, 7) is 0. The minimum absolute atomic E-state index is 0. The molecule has 7 heavy (non-hydrogen) atoms. The van der Waals surface area contributed by atoms with Gasteiger partial charge in [-0.1, -0.05) is 0 Å². The van der Waals surface area contributed by atoms with Crippen LogP contribution in [0.3, 0.4) is 0 Å². The van der Waals surface area contributed by atoms with Crippen molar-refractivity contribution in [1.82, 2.24) is 6.15 Å². The zero-order chi connectivity index (χ0) is 4.50. The quantitative estimate of drug-likeness (QED) is 0.302. The van der Waals surface area contributed by atoms with Gasteiger partial charge in [-0.15, -0.1) is 0 Å². The molecule has 0 aromatic heterocycles. The third-order valence-electron chi connectivity index (χ3n) is 0. The van der Waals surface area contributed by atoms with E-state index < -0.39 is 10.4 Å². The van der Waals surface area contributed by atoms with Crippen LogP contribution in [0.2, 0.25) is 0 Å². The van der Waals surface area contributed by atoms with Gasteiger partial charge in [-0.05, 0) is 0 Å². The first-order valence-corrected chi connectivity index (χ1v) is 2.10. The maximum absolute atomic E-state index is 8.74. The van der Waals surface area contributed by atoms with Crippen molar-refractivity contribution in [3.8, 4) is 0 Å². The summed E-state index contributed by atoms with van der Waals surface area (Å²) >= 11 is 0. The Bertz CT molecular complexity index is 94.9. The van der Waals surface area contributed by atoms with Gasteiger partial charge in [-0.3, -0.25) is 9.11 Å². The van der Waals surface area contributed by atoms with Gasteiger partial charge in [0.05, 0.1) is 0 Å². The van der Waals surface area contributed by atoms with Crippen LogP contribution in [0.1, 0.15) is 0 Å². The SMILES string of the molecule is N.O=S(=O)(O)O.[KH]. The zero-order valence-corrected chi connectivity index (χ0v) is 3.64. The molecule has 0 bridgehead atoms. The topological polar surface area (TPSA) is 110 Å². The molecular weight excluding hydrogens is 149 g/mol. The van der Waals surface area contributed by atoms with Crippen LogP contribution in [0.15, 0.2) is 0 Å². The second kappa shape index (κ2) is 5.60. The first-order chi connectivity index (χ1) is 2.00. The molecule has 5 nitrogen and oxygen atoms in total. The van der Waals surface area contributed by atoms with Gasteiger partial charge in [0.2, 0.25) is 0 Å². The second-order valence-corrected chi connectivity index (χ2v) is 1.34. The summed E-state index contributed by atoms with van der Waals surface area (Å²) in [7, 11) is -4.67. The summed E-state index contributed by atoms with van der Waals surface area (Å²) in [4.78, 5) is 0. The van der Waals surface area contributed by atoms with Crippen LogP contribution in [0.25, 0.3) is 0 Å². The van der Waals surface area contributed by atoms with E-state index in [-0.39, 0.29) is 57.5 Å². The first kappa shape index (κ1) is 15.8. The normalized spacial score (nSPS) is 8.29. The Morgan fingerprint density at radius 1 is 1.14 bits per heavy atom. The van der Waals surface area contributed by atoms with Crippen LogP contribution < -0.4 is 6.15 Å². The molecule has 0 fully saturated rings. The van der Waals surface area contributed by atoms with Crippen molar-refractivity contribution in [1.29, 1.82) is 0 Å². The molecule has 0 amide bonds. The molecule has 0 unspecified atom stereocenters. The van der Waals surface area contributed by atoms with Gasteiger partial charge in [-0.2, -0.15) is 8.42 Å². The van der Waals surface area contributed by atoms with E-state index in [2.05, 4.69) is 0 Å². The molecule has 0 rings (SSSR count).